The van der Waals surface area contributed by atoms with Gasteiger partial charge in [0.15, 0.2) is 0 Å². The maximum Gasteiger partial charge on any atom is 0.0213 e. The summed E-state index contributed by atoms with van der Waals surface area (Å²) in [6.07, 6.45) is 6.30. The first kappa shape index (κ1) is 13.9. The standard InChI is InChI=1S/C12H28N2/c1-5-11(4)9-12(14-13)8-6-7-10(2)3/h10-12,14H,5-9,13H2,1-4H3. The number of hydrogen-bond acceptors (Lipinski definition) is 2. The molecule has 0 rings (SSSR count). The molecule has 0 aromatic heterocycles. The van der Waals surface area contributed by atoms with E-state index in [-0.39, 0.29) is 0 Å². The number of nitrogens with one attached hydrogen (secondary N) is 1. The van der Waals surface area contributed by atoms with Crippen LogP contribution in [0.4, 0.5) is 0 Å². The highest BCUT2D eigenvalue weighted by Gasteiger charge is 2.10. The monoisotopic (exact) mass is 200 g/mol. The Bertz CT molecular complexity index is 123. The van der Waals surface area contributed by atoms with Crippen molar-refractivity contribution in [1.82, 2.24) is 5.43 Å². The summed E-state index contributed by atoms with van der Waals surface area (Å²) in [7, 11) is 0. The maximum atomic E-state index is 5.54. The summed E-state index contributed by atoms with van der Waals surface area (Å²) in [6.45, 7) is 9.10. The van der Waals surface area contributed by atoms with Crippen LogP contribution in [0.5, 0.6) is 0 Å². The molecule has 0 aliphatic rings. The zero-order valence-corrected chi connectivity index (χ0v) is 10.3. The molecule has 0 heterocycles. The van der Waals surface area contributed by atoms with Gasteiger partial charge in [-0.25, -0.2) is 0 Å². The Morgan fingerprint density at radius 1 is 1.14 bits per heavy atom. The minimum atomic E-state index is 0.517. The molecule has 0 saturated heterocycles. The molecule has 0 saturated carbocycles. The third-order valence-corrected chi connectivity index (χ3v) is 2.95. The average molecular weight is 200 g/mol. The zero-order valence-electron chi connectivity index (χ0n) is 10.3. The highest BCUT2D eigenvalue weighted by atomic mass is 15.2. The molecule has 2 atom stereocenters. The van der Waals surface area contributed by atoms with Gasteiger partial charge < -0.3 is 0 Å². The highest BCUT2D eigenvalue weighted by Crippen LogP contribution is 2.15. The van der Waals surface area contributed by atoms with E-state index in [1.165, 1.54) is 32.1 Å². The second-order valence-corrected chi connectivity index (χ2v) is 4.94. The van der Waals surface area contributed by atoms with Crippen LogP contribution < -0.4 is 11.3 Å². The van der Waals surface area contributed by atoms with Crippen LogP contribution in [0.25, 0.3) is 0 Å². The summed E-state index contributed by atoms with van der Waals surface area (Å²) in [5, 5.41) is 0. The molecule has 0 aromatic rings. The molecule has 2 unspecified atom stereocenters. The van der Waals surface area contributed by atoms with Crippen LogP contribution in [-0.4, -0.2) is 6.04 Å². The van der Waals surface area contributed by atoms with Crippen molar-refractivity contribution in [3.8, 4) is 0 Å². The first-order valence-corrected chi connectivity index (χ1v) is 6.06. The van der Waals surface area contributed by atoms with E-state index in [0.29, 0.717) is 6.04 Å². The molecule has 3 N–H and O–H groups in total. The van der Waals surface area contributed by atoms with Gasteiger partial charge in [0.1, 0.15) is 0 Å². The average Bonchev–Trinajstić information content (AvgIpc) is 2.15. The van der Waals surface area contributed by atoms with Gasteiger partial charge in [-0.2, -0.15) is 0 Å². The fraction of sp³-hybridized carbons (Fsp3) is 1.00. The van der Waals surface area contributed by atoms with E-state index in [4.69, 9.17) is 5.84 Å². The second-order valence-electron chi connectivity index (χ2n) is 4.94. The van der Waals surface area contributed by atoms with E-state index >= 15 is 0 Å². The summed E-state index contributed by atoms with van der Waals surface area (Å²) in [6, 6.07) is 0.517. The van der Waals surface area contributed by atoms with Gasteiger partial charge >= 0.3 is 0 Å². The van der Waals surface area contributed by atoms with Gasteiger partial charge in [-0.3, -0.25) is 11.3 Å². The summed E-state index contributed by atoms with van der Waals surface area (Å²) in [5.74, 6) is 7.15. The Kier molecular flexibility index (Phi) is 8.20. The van der Waals surface area contributed by atoms with Gasteiger partial charge in [-0.15, -0.1) is 0 Å². The molecule has 0 aliphatic heterocycles. The SMILES string of the molecule is CCC(C)CC(CCCC(C)C)NN. The van der Waals surface area contributed by atoms with E-state index in [2.05, 4.69) is 33.1 Å². The van der Waals surface area contributed by atoms with E-state index in [9.17, 15) is 0 Å². The first-order chi connectivity index (χ1) is 6.60. The second kappa shape index (κ2) is 8.25. The van der Waals surface area contributed by atoms with Crippen LogP contribution in [0.3, 0.4) is 0 Å². The van der Waals surface area contributed by atoms with Gasteiger partial charge in [0, 0.05) is 6.04 Å². The van der Waals surface area contributed by atoms with Crippen molar-refractivity contribution >= 4 is 0 Å². The molecule has 0 amide bonds. The predicted molar refractivity (Wildman–Crippen MR) is 63.9 cm³/mol. The van der Waals surface area contributed by atoms with Crippen LogP contribution in [-0.2, 0) is 0 Å². The quantitative estimate of drug-likeness (QED) is 0.467. The number of nitrogens with two attached hydrogens (primary N) is 1. The largest absolute Gasteiger partial charge is 0.271 e. The van der Waals surface area contributed by atoms with Crippen molar-refractivity contribution in [3.63, 3.8) is 0 Å². The van der Waals surface area contributed by atoms with Crippen molar-refractivity contribution in [2.75, 3.05) is 0 Å². The van der Waals surface area contributed by atoms with Gasteiger partial charge in [-0.1, -0.05) is 47.0 Å². The maximum absolute atomic E-state index is 5.54. The smallest absolute Gasteiger partial charge is 0.0213 e. The molecule has 0 bridgehead atoms. The highest BCUT2D eigenvalue weighted by molar-refractivity contribution is 4.67. The van der Waals surface area contributed by atoms with Crippen molar-refractivity contribution < 1.29 is 0 Å². The Labute approximate surface area is 89.6 Å². The summed E-state index contributed by atoms with van der Waals surface area (Å²) < 4.78 is 0. The van der Waals surface area contributed by atoms with Gasteiger partial charge in [0.25, 0.3) is 0 Å². The zero-order chi connectivity index (χ0) is 11.0. The molecule has 0 fully saturated rings. The third kappa shape index (κ3) is 7.34. The summed E-state index contributed by atoms with van der Waals surface area (Å²) >= 11 is 0. The fourth-order valence-corrected chi connectivity index (χ4v) is 1.69. The molecule has 2 nitrogen and oxygen atoms in total. The van der Waals surface area contributed by atoms with Crippen molar-refractivity contribution in [2.45, 2.75) is 65.8 Å². The Morgan fingerprint density at radius 3 is 2.21 bits per heavy atom. The number of hydrazine groups is 1. The molecule has 0 spiro atoms. The normalized spacial score (nSPS) is 15.9. The van der Waals surface area contributed by atoms with Gasteiger partial charge in [-0.05, 0) is 24.7 Å². The topological polar surface area (TPSA) is 38.0 Å². The van der Waals surface area contributed by atoms with Crippen LogP contribution >= 0.6 is 0 Å². The summed E-state index contributed by atoms with van der Waals surface area (Å²) in [5.41, 5.74) is 2.94. The lowest BCUT2D eigenvalue weighted by molar-refractivity contribution is 0.364. The number of rotatable bonds is 8. The van der Waals surface area contributed by atoms with Gasteiger partial charge in [0.05, 0.1) is 0 Å². The first-order valence-electron chi connectivity index (χ1n) is 6.06. The van der Waals surface area contributed by atoms with Crippen LogP contribution in [0.2, 0.25) is 0 Å². The van der Waals surface area contributed by atoms with Crippen LogP contribution in [0.1, 0.15) is 59.8 Å². The van der Waals surface area contributed by atoms with Crippen molar-refractivity contribution in [2.24, 2.45) is 17.7 Å². The third-order valence-electron chi connectivity index (χ3n) is 2.95. The van der Waals surface area contributed by atoms with E-state index in [1.807, 2.05) is 0 Å². The minimum Gasteiger partial charge on any atom is -0.271 e. The molecule has 0 radical (unpaired) electrons. The van der Waals surface area contributed by atoms with Gasteiger partial charge in [0.2, 0.25) is 0 Å². The lowest BCUT2D eigenvalue weighted by Gasteiger charge is -2.19. The van der Waals surface area contributed by atoms with E-state index < -0.39 is 0 Å². The molecule has 2 heteroatoms. The molecule has 0 aliphatic carbocycles. The predicted octanol–water partition coefficient (Wildman–Crippen LogP) is 3.08. The molecular formula is C12H28N2. The molecule has 0 aromatic carbocycles. The Hall–Kier alpha value is -0.0800. The van der Waals surface area contributed by atoms with E-state index in [1.54, 1.807) is 0 Å². The minimum absolute atomic E-state index is 0.517. The Balaban J connectivity index is 3.57. The fourth-order valence-electron chi connectivity index (χ4n) is 1.69. The van der Waals surface area contributed by atoms with E-state index in [0.717, 1.165) is 11.8 Å². The van der Waals surface area contributed by atoms with Crippen molar-refractivity contribution in [3.05, 3.63) is 0 Å². The molecular weight excluding hydrogens is 172 g/mol. The Morgan fingerprint density at radius 2 is 1.79 bits per heavy atom. The van der Waals surface area contributed by atoms with Crippen molar-refractivity contribution in [1.29, 1.82) is 0 Å². The lowest BCUT2D eigenvalue weighted by atomic mass is 9.95. The van der Waals surface area contributed by atoms with Crippen LogP contribution in [0.15, 0.2) is 0 Å². The molecule has 86 valence electrons. The molecule has 14 heavy (non-hydrogen) atoms. The lowest BCUT2D eigenvalue weighted by Crippen LogP contribution is -2.36. The number of hydrogen-bond donors (Lipinski definition) is 2. The van der Waals surface area contributed by atoms with Crippen LogP contribution in [0, 0.1) is 11.8 Å². The summed E-state index contributed by atoms with van der Waals surface area (Å²) in [4.78, 5) is 0.